The van der Waals surface area contributed by atoms with E-state index in [2.05, 4.69) is 24.5 Å². The van der Waals surface area contributed by atoms with Gasteiger partial charge in [0.25, 0.3) is 0 Å². The third-order valence-electron chi connectivity index (χ3n) is 1.66. The highest BCUT2D eigenvalue weighted by Crippen LogP contribution is 2.17. The topological polar surface area (TPSA) is 37.3 Å². The first-order valence-electron chi connectivity index (χ1n) is 4.16. The average molecular weight is 206 g/mol. The van der Waals surface area contributed by atoms with Crippen molar-refractivity contribution in [3.05, 3.63) is 29.3 Å². The smallest absolute Gasteiger partial charge is 0.155 e. The fourth-order valence-electron chi connectivity index (χ4n) is 1.000. The van der Waals surface area contributed by atoms with Crippen molar-refractivity contribution in [3.63, 3.8) is 0 Å². The summed E-state index contributed by atoms with van der Waals surface area (Å²) in [6.45, 7) is 0. The highest BCUT2D eigenvalue weighted by Gasteiger charge is 2.03. The molecule has 3 heteroatoms. The van der Waals surface area contributed by atoms with E-state index in [1.807, 2.05) is 0 Å². The number of carbonyl (C=O) groups is 1. The first kappa shape index (κ1) is 10.7. The van der Waals surface area contributed by atoms with Gasteiger partial charge in [0.15, 0.2) is 6.29 Å². The lowest BCUT2D eigenvalue weighted by atomic mass is 10.1. The molecule has 72 valence electrons. The van der Waals surface area contributed by atoms with E-state index in [-0.39, 0.29) is 11.3 Å². The second-order valence-corrected chi connectivity index (χ2v) is 3.08. The average Bonchev–Trinajstić information content (AvgIpc) is 2.18. The van der Waals surface area contributed by atoms with E-state index < -0.39 is 0 Å². The molecule has 1 aromatic carbocycles. The predicted molar refractivity (Wildman–Crippen MR) is 58.8 cm³/mol. The van der Waals surface area contributed by atoms with Gasteiger partial charge in [-0.3, -0.25) is 4.79 Å². The van der Waals surface area contributed by atoms with Crippen LogP contribution in [0.3, 0.4) is 0 Å². The quantitative estimate of drug-likeness (QED) is 0.440. The Hall–Kier alpha value is -1.40. The van der Waals surface area contributed by atoms with Crippen molar-refractivity contribution in [2.24, 2.45) is 0 Å². The first-order valence-corrected chi connectivity index (χ1v) is 4.79. The number of thiol groups is 1. The molecule has 1 N–H and O–H groups in total. The molecular weight excluding hydrogens is 196 g/mol. The minimum atomic E-state index is -0.0299. The second kappa shape index (κ2) is 5.36. The van der Waals surface area contributed by atoms with Gasteiger partial charge >= 0.3 is 0 Å². The van der Waals surface area contributed by atoms with Crippen molar-refractivity contribution in [2.45, 2.75) is 6.42 Å². The Morgan fingerprint density at radius 1 is 1.50 bits per heavy atom. The van der Waals surface area contributed by atoms with Crippen molar-refractivity contribution >= 4 is 18.9 Å². The van der Waals surface area contributed by atoms with Gasteiger partial charge in [-0.1, -0.05) is 17.9 Å². The Bertz CT molecular complexity index is 388. The molecule has 0 fully saturated rings. The summed E-state index contributed by atoms with van der Waals surface area (Å²) in [7, 11) is 0. The lowest BCUT2D eigenvalue weighted by Crippen LogP contribution is -1.87. The molecule has 0 saturated carbocycles. The number of rotatable bonds is 2. The van der Waals surface area contributed by atoms with Crippen LogP contribution in [-0.2, 0) is 0 Å². The standard InChI is InChI=1S/C11H10O2S/c12-8-10-9(4-1-2-7-14)5-3-6-11(10)13/h3,5-6,8,13-14H,2,7H2. The Morgan fingerprint density at radius 3 is 2.93 bits per heavy atom. The maximum atomic E-state index is 10.6. The van der Waals surface area contributed by atoms with Gasteiger partial charge in [-0.25, -0.2) is 0 Å². The minimum Gasteiger partial charge on any atom is -0.507 e. The van der Waals surface area contributed by atoms with Crippen LogP contribution in [0.2, 0.25) is 0 Å². The summed E-state index contributed by atoms with van der Waals surface area (Å²) in [6.07, 6.45) is 1.27. The molecule has 0 unspecified atom stereocenters. The molecule has 0 aliphatic rings. The largest absolute Gasteiger partial charge is 0.507 e. The Labute approximate surface area is 88.4 Å². The molecule has 0 heterocycles. The Kier molecular flexibility index (Phi) is 4.09. The maximum Gasteiger partial charge on any atom is 0.155 e. The van der Waals surface area contributed by atoms with E-state index in [1.165, 1.54) is 6.07 Å². The summed E-state index contributed by atoms with van der Waals surface area (Å²) in [5.41, 5.74) is 0.806. The zero-order valence-corrected chi connectivity index (χ0v) is 8.42. The minimum absolute atomic E-state index is 0.0299. The molecule has 0 spiro atoms. The fourth-order valence-corrected chi connectivity index (χ4v) is 1.11. The van der Waals surface area contributed by atoms with E-state index >= 15 is 0 Å². The van der Waals surface area contributed by atoms with E-state index in [0.29, 0.717) is 24.0 Å². The number of aromatic hydroxyl groups is 1. The van der Waals surface area contributed by atoms with Crippen LogP contribution in [0.25, 0.3) is 0 Å². The van der Waals surface area contributed by atoms with Gasteiger partial charge in [0, 0.05) is 17.7 Å². The molecule has 2 nitrogen and oxygen atoms in total. The number of hydrogen-bond acceptors (Lipinski definition) is 3. The summed E-state index contributed by atoms with van der Waals surface area (Å²) in [5, 5.41) is 9.33. The third-order valence-corrected chi connectivity index (χ3v) is 1.88. The molecule has 0 bridgehead atoms. The molecule has 0 atom stereocenters. The summed E-state index contributed by atoms with van der Waals surface area (Å²) >= 11 is 4.01. The van der Waals surface area contributed by atoms with E-state index in [9.17, 15) is 9.90 Å². The number of carbonyl (C=O) groups excluding carboxylic acids is 1. The molecule has 0 amide bonds. The van der Waals surface area contributed by atoms with Gasteiger partial charge in [0.05, 0.1) is 5.56 Å². The van der Waals surface area contributed by atoms with Crippen LogP contribution in [0, 0.1) is 11.8 Å². The van der Waals surface area contributed by atoms with E-state index in [1.54, 1.807) is 12.1 Å². The molecule has 0 aliphatic heterocycles. The van der Waals surface area contributed by atoms with Crippen molar-refractivity contribution in [3.8, 4) is 17.6 Å². The molecule has 0 saturated heterocycles. The van der Waals surface area contributed by atoms with Gasteiger partial charge in [-0.15, -0.1) is 0 Å². The third kappa shape index (κ3) is 2.54. The van der Waals surface area contributed by atoms with Crippen LogP contribution in [0.4, 0.5) is 0 Å². The summed E-state index contributed by atoms with van der Waals surface area (Å²) in [6, 6.07) is 4.83. The van der Waals surface area contributed by atoms with Crippen molar-refractivity contribution in [2.75, 3.05) is 5.75 Å². The maximum absolute atomic E-state index is 10.6. The molecule has 0 aliphatic carbocycles. The van der Waals surface area contributed by atoms with Crippen LogP contribution in [0.5, 0.6) is 5.75 Å². The van der Waals surface area contributed by atoms with Crippen molar-refractivity contribution in [1.29, 1.82) is 0 Å². The van der Waals surface area contributed by atoms with Crippen LogP contribution < -0.4 is 0 Å². The molecule has 0 aromatic heterocycles. The zero-order valence-electron chi connectivity index (χ0n) is 7.53. The van der Waals surface area contributed by atoms with Crippen molar-refractivity contribution < 1.29 is 9.90 Å². The fraction of sp³-hybridized carbons (Fsp3) is 0.182. The van der Waals surface area contributed by atoms with Gasteiger partial charge < -0.3 is 5.11 Å². The number of benzene rings is 1. The van der Waals surface area contributed by atoms with E-state index in [4.69, 9.17) is 0 Å². The highest BCUT2D eigenvalue weighted by atomic mass is 32.1. The van der Waals surface area contributed by atoms with Gasteiger partial charge in [-0.05, 0) is 12.1 Å². The number of hydrogen-bond donors (Lipinski definition) is 2. The summed E-state index contributed by atoms with van der Waals surface area (Å²) in [5.74, 6) is 6.33. The van der Waals surface area contributed by atoms with Crippen LogP contribution in [-0.4, -0.2) is 17.1 Å². The zero-order chi connectivity index (χ0) is 10.4. The Balaban J connectivity index is 3.04. The first-order chi connectivity index (χ1) is 6.79. The number of aldehydes is 1. The van der Waals surface area contributed by atoms with Gasteiger partial charge in [0.1, 0.15) is 5.75 Å². The monoisotopic (exact) mass is 206 g/mol. The normalized spacial score (nSPS) is 8.93. The van der Waals surface area contributed by atoms with Crippen LogP contribution >= 0.6 is 12.6 Å². The lowest BCUT2D eigenvalue weighted by Gasteiger charge is -1.98. The molecule has 0 radical (unpaired) electrons. The molecule has 14 heavy (non-hydrogen) atoms. The number of phenols is 1. The second-order valence-electron chi connectivity index (χ2n) is 2.63. The van der Waals surface area contributed by atoms with Crippen LogP contribution in [0.1, 0.15) is 22.3 Å². The highest BCUT2D eigenvalue weighted by molar-refractivity contribution is 7.80. The van der Waals surface area contributed by atoms with Crippen LogP contribution in [0.15, 0.2) is 18.2 Å². The van der Waals surface area contributed by atoms with Gasteiger partial charge in [0.2, 0.25) is 0 Å². The summed E-state index contributed by atoms with van der Waals surface area (Å²) < 4.78 is 0. The predicted octanol–water partition coefficient (Wildman–Crippen LogP) is 1.88. The molecule has 1 rings (SSSR count). The molecule has 1 aromatic rings. The van der Waals surface area contributed by atoms with E-state index in [0.717, 1.165) is 0 Å². The molecular formula is C11H10O2S. The van der Waals surface area contributed by atoms with Gasteiger partial charge in [-0.2, -0.15) is 12.6 Å². The summed E-state index contributed by atoms with van der Waals surface area (Å²) in [4.78, 5) is 10.6. The number of phenolic OH excluding ortho intramolecular Hbond substituents is 1. The lowest BCUT2D eigenvalue weighted by molar-refractivity contribution is 0.112. The Morgan fingerprint density at radius 2 is 2.29 bits per heavy atom. The SMILES string of the molecule is O=Cc1c(O)cccc1C#CCCS. The van der Waals surface area contributed by atoms with Crippen molar-refractivity contribution in [1.82, 2.24) is 0 Å².